The summed E-state index contributed by atoms with van der Waals surface area (Å²) in [5.41, 5.74) is 0. The topological polar surface area (TPSA) is 49.4 Å². The quantitative estimate of drug-likeness (QED) is 0.531. The molecular weight excluding hydrogens is 168 g/mol. The van der Waals surface area contributed by atoms with Gasteiger partial charge in [0.2, 0.25) is 0 Å². The highest BCUT2D eigenvalue weighted by Gasteiger charge is 2.39. The lowest BCUT2D eigenvalue weighted by atomic mass is 9.88. The maximum absolute atomic E-state index is 11.3. The first-order chi connectivity index (χ1) is 6.20. The van der Waals surface area contributed by atoms with Crippen molar-refractivity contribution in [1.29, 1.82) is 0 Å². The number of piperazine rings is 1. The second kappa shape index (κ2) is 3.01. The number of hydrogen-bond donors (Lipinski definition) is 1. The highest BCUT2D eigenvalue weighted by atomic mass is 16.2. The van der Waals surface area contributed by atoms with E-state index in [1.165, 1.54) is 0 Å². The summed E-state index contributed by atoms with van der Waals surface area (Å²) in [4.78, 5) is 24.1. The summed E-state index contributed by atoms with van der Waals surface area (Å²) in [5, 5.41) is 2.77. The number of nitrogens with zero attached hydrogens (tertiary/aromatic N) is 1. The normalized spacial score (nSPS) is 34.1. The van der Waals surface area contributed by atoms with Crippen molar-refractivity contribution in [2.24, 2.45) is 0 Å². The first-order valence-corrected chi connectivity index (χ1v) is 4.78. The van der Waals surface area contributed by atoms with Crippen LogP contribution in [-0.2, 0) is 9.59 Å². The summed E-state index contributed by atoms with van der Waals surface area (Å²) in [6.07, 6.45) is 4.35. The fraction of sp³-hybridized carbons (Fsp3) is 0.778. The minimum absolute atomic E-state index is 0.198. The number of rotatable bonds is 0. The molecular formula is C9H14N2O2. The van der Waals surface area contributed by atoms with Crippen molar-refractivity contribution in [3.05, 3.63) is 0 Å². The molecule has 4 heteroatoms. The number of carbonyl (C=O) groups excluding carboxylic acids is 2. The third-order valence-corrected chi connectivity index (χ3v) is 3.06. The van der Waals surface area contributed by atoms with Gasteiger partial charge in [-0.25, -0.2) is 0 Å². The molecule has 0 bridgehead atoms. The molecule has 13 heavy (non-hydrogen) atoms. The van der Waals surface area contributed by atoms with Crippen LogP contribution < -0.4 is 5.32 Å². The summed E-state index contributed by atoms with van der Waals surface area (Å²) in [5.74, 6) is -0.825. The number of carbonyl (C=O) groups is 2. The van der Waals surface area contributed by atoms with E-state index in [4.69, 9.17) is 0 Å². The Morgan fingerprint density at radius 3 is 2.77 bits per heavy atom. The van der Waals surface area contributed by atoms with Crippen molar-refractivity contribution >= 4 is 11.8 Å². The number of nitrogens with one attached hydrogen (secondary N) is 1. The Morgan fingerprint density at radius 2 is 2.00 bits per heavy atom. The van der Waals surface area contributed by atoms with Crippen LogP contribution in [0, 0.1) is 0 Å². The van der Waals surface area contributed by atoms with Crippen molar-refractivity contribution in [2.75, 3.05) is 7.05 Å². The highest BCUT2D eigenvalue weighted by Crippen LogP contribution is 2.24. The Labute approximate surface area is 77.3 Å². The van der Waals surface area contributed by atoms with Crippen LogP contribution in [0.5, 0.6) is 0 Å². The standard InChI is InChI=1S/C9H14N2O2/c1-11-7-5-3-2-4-6(7)10-8(12)9(11)13/h6-7H,2-5H2,1H3,(H,10,12). The van der Waals surface area contributed by atoms with Crippen molar-refractivity contribution < 1.29 is 9.59 Å². The molecule has 2 aliphatic rings. The zero-order chi connectivity index (χ0) is 9.42. The van der Waals surface area contributed by atoms with Crippen LogP contribution in [0.25, 0.3) is 0 Å². The van der Waals surface area contributed by atoms with E-state index in [2.05, 4.69) is 5.32 Å². The van der Waals surface area contributed by atoms with Crippen LogP contribution in [0.3, 0.4) is 0 Å². The minimum atomic E-state index is -0.439. The molecule has 1 saturated carbocycles. The fourth-order valence-electron chi connectivity index (χ4n) is 2.28. The van der Waals surface area contributed by atoms with Crippen LogP contribution >= 0.6 is 0 Å². The Balaban J connectivity index is 2.17. The van der Waals surface area contributed by atoms with Gasteiger partial charge in [-0.15, -0.1) is 0 Å². The molecule has 0 spiro atoms. The second-order valence-corrected chi connectivity index (χ2v) is 3.85. The molecule has 2 unspecified atom stereocenters. The number of hydrogen-bond acceptors (Lipinski definition) is 2. The molecule has 2 fully saturated rings. The lowest BCUT2D eigenvalue weighted by Crippen LogP contribution is -2.62. The summed E-state index contributed by atoms with van der Waals surface area (Å²) >= 11 is 0. The predicted molar refractivity (Wildman–Crippen MR) is 47.0 cm³/mol. The van der Waals surface area contributed by atoms with Gasteiger partial charge >= 0.3 is 11.8 Å². The van der Waals surface area contributed by atoms with Gasteiger partial charge in [0.05, 0.1) is 6.04 Å². The third kappa shape index (κ3) is 1.30. The van der Waals surface area contributed by atoms with Gasteiger partial charge in [0.15, 0.2) is 0 Å². The molecule has 1 N–H and O–H groups in total. The average Bonchev–Trinajstić information content (AvgIpc) is 2.15. The largest absolute Gasteiger partial charge is 0.343 e. The van der Waals surface area contributed by atoms with E-state index in [-0.39, 0.29) is 18.0 Å². The van der Waals surface area contributed by atoms with Crippen molar-refractivity contribution in [3.8, 4) is 0 Å². The zero-order valence-electron chi connectivity index (χ0n) is 7.75. The number of amides is 2. The predicted octanol–water partition coefficient (Wildman–Crippen LogP) is -0.114. The Bertz CT molecular complexity index is 252. The Kier molecular flexibility index (Phi) is 1.98. The van der Waals surface area contributed by atoms with Gasteiger partial charge in [0, 0.05) is 13.1 Å². The van der Waals surface area contributed by atoms with Crippen LogP contribution in [0.15, 0.2) is 0 Å². The number of likely N-dealkylation sites (N-methyl/N-ethyl adjacent to an activating group) is 1. The lowest BCUT2D eigenvalue weighted by Gasteiger charge is -2.41. The van der Waals surface area contributed by atoms with E-state index in [0.29, 0.717) is 0 Å². The molecule has 0 radical (unpaired) electrons. The average molecular weight is 182 g/mol. The maximum Gasteiger partial charge on any atom is 0.311 e. The monoisotopic (exact) mass is 182 g/mol. The van der Waals surface area contributed by atoms with Gasteiger partial charge in [-0.1, -0.05) is 12.8 Å². The van der Waals surface area contributed by atoms with Gasteiger partial charge in [0.25, 0.3) is 0 Å². The summed E-state index contributed by atoms with van der Waals surface area (Å²) in [6.45, 7) is 0. The lowest BCUT2D eigenvalue weighted by molar-refractivity contribution is -0.151. The first kappa shape index (κ1) is 8.53. The summed E-state index contributed by atoms with van der Waals surface area (Å²) < 4.78 is 0. The van der Waals surface area contributed by atoms with Gasteiger partial charge in [-0.2, -0.15) is 0 Å². The van der Waals surface area contributed by atoms with Crippen LogP contribution in [0.2, 0.25) is 0 Å². The zero-order valence-corrected chi connectivity index (χ0v) is 7.75. The third-order valence-electron chi connectivity index (χ3n) is 3.06. The SMILES string of the molecule is CN1C(=O)C(=O)NC2CCCCC21. The van der Waals surface area contributed by atoms with E-state index in [0.717, 1.165) is 25.7 Å². The molecule has 1 aliphatic heterocycles. The summed E-state index contributed by atoms with van der Waals surface area (Å²) in [7, 11) is 1.73. The molecule has 1 saturated heterocycles. The molecule has 1 aliphatic carbocycles. The molecule has 72 valence electrons. The number of fused-ring (bicyclic) bond motifs is 1. The molecule has 2 amide bonds. The van der Waals surface area contributed by atoms with Gasteiger partial charge < -0.3 is 10.2 Å². The first-order valence-electron chi connectivity index (χ1n) is 4.78. The van der Waals surface area contributed by atoms with E-state index in [1.54, 1.807) is 11.9 Å². The molecule has 2 atom stereocenters. The van der Waals surface area contributed by atoms with Crippen molar-refractivity contribution in [2.45, 2.75) is 37.8 Å². The molecule has 1 heterocycles. The van der Waals surface area contributed by atoms with Gasteiger partial charge in [-0.3, -0.25) is 9.59 Å². The maximum atomic E-state index is 11.3. The minimum Gasteiger partial charge on any atom is -0.343 e. The second-order valence-electron chi connectivity index (χ2n) is 3.85. The molecule has 0 aromatic carbocycles. The Hall–Kier alpha value is -1.06. The van der Waals surface area contributed by atoms with E-state index >= 15 is 0 Å². The molecule has 0 aromatic rings. The van der Waals surface area contributed by atoms with Crippen LogP contribution in [-0.4, -0.2) is 35.8 Å². The highest BCUT2D eigenvalue weighted by molar-refractivity contribution is 6.35. The van der Waals surface area contributed by atoms with Gasteiger partial charge in [-0.05, 0) is 12.8 Å². The van der Waals surface area contributed by atoms with E-state index in [9.17, 15) is 9.59 Å². The fourth-order valence-corrected chi connectivity index (χ4v) is 2.28. The molecule has 0 aromatic heterocycles. The van der Waals surface area contributed by atoms with Crippen molar-refractivity contribution in [3.63, 3.8) is 0 Å². The summed E-state index contributed by atoms with van der Waals surface area (Å²) in [6, 6.07) is 0.433. The molecule has 2 rings (SSSR count). The van der Waals surface area contributed by atoms with Crippen LogP contribution in [0.4, 0.5) is 0 Å². The van der Waals surface area contributed by atoms with E-state index < -0.39 is 5.91 Å². The van der Waals surface area contributed by atoms with E-state index in [1.807, 2.05) is 0 Å². The smallest absolute Gasteiger partial charge is 0.311 e. The molecule has 4 nitrogen and oxygen atoms in total. The Morgan fingerprint density at radius 1 is 1.31 bits per heavy atom. The van der Waals surface area contributed by atoms with Crippen LogP contribution in [0.1, 0.15) is 25.7 Å². The van der Waals surface area contributed by atoms with Gasteiger partial charge in [0.1, 0.15) is 0 Å². The van der Waals surface area contributed by atoms with Crippen molar-refractivity contribution in [1.82, 2.24) is 10.2 Å².